The molecule has 18 heavy (non-hydrogen) atoms. The molecule has 0 spiro atoms. The van der Waals surface area contributed by atoms with Crippen LogP contribution in [0.15, 0.2) is 30.3 Å². The van der Waals surface area contributed by atoms with Gasteiger partial charge in [0, 0.05) is 0 Å². The summed E-state index contributed by atoms with van der Waals surface area (Å²) in [5.41, 5.74) is -0.731. The van der Waals surface area contributed by atoms with E-state index in [-0.39, 0.29) is 11.5 Å². The van der Waals surface area contributed by atoms with E-state index >= 15 is 0 Å². The number of amides is 1. The fourth-order valence-electron chi connectivity index (χ4n) is 1.98. The van der Waals surface area contributed by atoms with E-state index in [1.807, 2.05) is 6.07 Å². The molecule has 98 valence electrons. The summed E-state index contributed by atoms with van der Waals surface area (Å²) in [7, 11) is -3.04. The van der Waals surface area contributed by atoms with Gasteiger partial charge in [-0.05, 0) is 25.5 Å². The van der Waals surface area contributed by atoms with Crippen LogP contribution in [0.5, 0.6) is 5.75 Å². The van der Waals surface area contributed by atoms with Gasteiger partial charge in [-0.1, -0.05) is 18.2 Å². The maximum atomic E-state index is 11.7. The van der Waals surface area contributed by atoms with Crippen molar-refractivity contribution in [2.45, 2.75) is 18.9 Å². The van der Waals surface area contributed by atoms with Crippen LogP contribution in [0.4, 0.5) is 4.79 Å². The Balaban J connectivity index is 1.96. The fraction of sp³-hybridized carbons (Fsp3) is 0.417. The van der Waals surface area contributed by atoms with E-state index in [9.17, 15) is 13.2 Å². The van der Waals surface area contributed by atoms with E-state index in [0.29, 0.717) is 12.2 Å². The molecule has 1 fully saturated rings. The maximum absolute atomic E-state index is 11.7. The Morgan fingerprint density at radius 2 is 2.00 bits per heavy atom. The molecule has 1 atom stereocenters. The molecular formula is C12H15NO4S. The highest BCUT2D eigenvalue weighted by Crippen LogP contribution is 2.23. The summed E-state index contributed by atoms with van der Waals surface area (Å²) in [6, 6.07) is 8.64. The first-order valence-corrected chi connectivity index (χ1v) is 7.46. The second-order valence-electron chi connectivity index (χ2n) is 4.73. The highest BCUT2D eigenvalue weighted by atomic mass is 32.2. The third-order valence-corrected chi connectivity index (χ3v) is 4.76. The Morgan fingerprint density at radius 1 is 1.33 bits per heavy atom. The number of carbonyl (C=O) groups excluding carboxylic acids is 1. The summed E-state index contributed by atoms with van der Waals surface area (Å²) in [5.74, 6) is 0.499. The molecule has 0 aromatic heterocycles. The third kappa shape index (κ3) is 3.22. The first-order chi connectivity index (χ1) is 8.39. The van der Waals surface area contributed by atoms with Crippen molar-refractivity contribution < 1.29 is 17.9 Å². The van der Waals surface area contributed by atoms with E-state index in [0.717, 1.165) is 0 Å². The number of ether oxygens (including phenoxy) is 1. The molecule has 0 bridgehead atoms. The largest absolute Gasteiger partial charge is 0.413 e. The Morgan fingerprint density at radius 3 is 2.56 bits per heavy atom. The minimum Gasteiger partial charge on any atom is -0.410 e. The fourth-order valence-corrected chi connectivity index (χ4v) is 4.07. The van der Waals surface area contributed by atoms with Gasteiger partial charge in [-0.15, -0.1) is 0 Å². The van der Waals surface area contributed by atoms with Crippen LogP contribution in [0, 0.1) is 0 Å². The van der Waals surface area contributed by atoms with Gasteiger partial charge in [-0.25, -0.2) is 13.2 Å². The summed E-state index contributed by atoms with van der Waals surface area (Å²) in [4.78, 5) is 11.7. The van der Waals surface area contributed by atoms with Gasteiger partial charge in [0.05, 0.1) is 17.0 Å². The van der Waals surface area contributed by atoms with Gasteiger partial charge in [0.15, 0.2) is 9.84 Å². The second-order valence-corrected chi connectivity index (χ2v) is 6.91. The zero-order valence-corrected chi connectivity index (χ0v) is 10.9. The van der Waals surface area contributed by atoms with Crippen molar-refractivity contribution >= 4 is 15.9 Å². The minimum absolute atomic E-state index is 0.0378. The molecule has 1 aliphatic heterocycles. The first kappa shape index (κ1) is 12.9. The molecule has 1 N–H and O–H groups in total. The van der Waals surface area contributed by atoms with Crippen molar-refractivity contribution in [1.82, 2.24) is 5.32 Å². The molecule has 0 unspecified atom stereocenters. The molecule has 0 radical (unpaired) electrons. The van der Waals surface area contributed by atoms with Crippen LogP contribution in [0.2, 0.25) is 0 Å². The summed E-state index contributed by atoms with van der Waals surface area (Å²) >= 11 is 0. The topological polar surface area (TPSA) is 72.5 Å². The molecule has 1 aromatic carbocycles. The Kier molecular flexibility index (Phi) is 3.30. The van der Waals surface area contributed by atoms with Gasteiger partial charge < -0.3 is 10.1 Å². The van der Waals surface area contributed by atoms with Crippen LogP contribution in [-0.4, -0.2) is 31.6 Å². The average Bonchev–Trinajstić information content (AvgIpc) is 2.53. The average molecular weight is 269 g/mol. The van der Waals surface area contributed by atoms with Crippen molar-refractivity contribution in [3.05, 3.63) is 30.3 Å². The number of hydrogen-bond donors (Lipinski definition) is 1. The SMILES string of the molecule is C[C@]1(NC(=O)Oc2ccccc2)CCS(=O)(=O)C1. The summed E-state index contributed by atoms with van der Waals surface area (Å²) < 4.78 is 27.9. The zero-order chi connectivity index (χ0) is 13.2. The second kappa shape index (κ2) is 4.61. The molecule has 1 heterocycles. The van der Waals surface area contributed by atoms with Crippen molar-refractivity contribution in [3.63, 3.8) is 0 Å². The van der Waals surface area contributed by atoms with Crippen LogP contribution in [0.3, 0.4) is 0 Å². The lowest BCUT2D eigenvalue weighted by Crippen LogP contribution is -2.48. The zero-order valence-electron chi connectivity index (χ0n) is 10.0. The number of carbonyl (C=O) groups is 1. The predicted molar refractivity (Wildman–Crippen MR) is 67.3 cm³/mol. The summed E-state index contributed by atoms with van der Waals surface area (Å²) in [6.45, 7) is 1.71. The molecule has 1 aliphatic rings. The molecular weight excluding hydrogens is 254 g/mol. The van der Waals surface area contributed by atoms with E-state index in [1.54, 1.807) is 31.2 Å². The maximum Gasteiger partial charge on any atom is 0.413 e. The van der Waals surface area contributed by atoms with Crippen LogP contribution in [-0.2, 0) is 9.84 Å². The Labute approximate surface area is 106 Å². The van der Waals surface area contributed by atoms with E-state index < -0.39 is 21.5 Å². The van der Waals surface area contributed by atoms with Crippen molar-refractivity contribution in [2.24, 2.45) is 0 Å². The number of para-hydroxylation sites is 1. The van der Waals surface area contributed by atoms with Crippen LogP contribution < -0.4 is 10.1 Å². The molecule has 0 saturated carbocycles. The summed E-state index contributed by atoms with van der Waals surface area (Å²) in [5, 5.41) is 2.62. The van der Waals surface area contributed by atoms with Crippen LogP contribution in [0.25, 0.3) is 0 Å². The molecule has 5 nitrogen and oxygen atoms in total. The van der Waals surface area contributed by atoms with Gasteiger partial charge in [-0.3, -0.25) is 0 Å². The van der Waals surface area contributed by atoms with E-state index in [1.165, 1.54) is 0 Å². The van der Waals surface area contributed by atoms with Gasteiger partial charge in [0.2, 0.25) is 0 Å². The Hall–Kier alpha value is -1.56. The van der Waals surface area contributed by atoms with Crippen LogP contribution in [0.1, 0.15) is 13.3 Å². The van der Waals surface area contributed by atoms with Gasteiger partial charge in [0.25, 0.3) is 0 Å². The number of benzene rings is 1. The van der Waals surface area contributed by atoms with Crippen molar-refractivity contribution in [3.8, 4) is 5.75 Å². The smallest absolute Gasteiger partial charge is 0.410 e. The molecule has 6 heteroatoms. The lowest BCUT2D eigenvalue weighted by atomic mass is 10.0. The molecule has 0 aliphatic carbocycles. The first-order valence-electron chi connectivity index (χ1n) is 5.64. The van der Waals surface area contributed by atoms with Crippen molar-refractivity contribution in [2.75, 3.05) is 11.5 Å². The normalized spacial score (nSPS) is 25.6. The number of hydrogen-bond acceptors (Lipinski definition) is 4. The minimum atomic E-state index is -3.04. The van der Waals surface area contributed by atoms with Crippen LogP contribution >= 0.6 is 0 Å². The van der Waals surface area contributed by atoms with Gasteiger partial charge in [-0.2, -0.15) is 0 Å². The molecule has 1 saturated heterocycles. The molecule has 2 rings (SSSR count). The lowest BCUT2D eigenvalue weighted by Gasteiger charge is -2.23. The third-order valence-electron chi connectivity index (χ3n) is 2.86. The highest BCUT2D eigenvalue weighted by molar-refractivity contribution is 7.91. The van der Waals surface area contributed by atoms with Gasteiger partial charge in [0.1, 0.15) is 5.75 Å². The van der Waals surface area contributed by atoms with E-state index in [4.69, 9.17) is 4.74 Å². The van der Waals surface area contributed by atoms with Crippen molar-refractivity contribution in [1.29, 1.82) is 0 Å². The molecule has 1 aromatic rings. The monoisotopic (exact) mass is 269 g/mol. The summed E-state index contributed by atoms with van der Waals surface area (Å²) in [6.07, 6.45) is -0.208. The van der Waals surface area contributed by atoms with Gasteiger partial charge >= 0.3 is 6.09 Å². The standard InChI is InChI=1S/C12H15NO4S/c1-12(7-8-18(15,16)9-12)13-11(14)17-10-5-3-2-4-6-10/h2-6H,7-9H2,1H3,(H,13,14)/t12-/m0/s1. The molecule has 1 amide bonds. The highest BCUT2D eigenvalue weighted by Gasteiger charge is 2.39. The number of sulfone groups is 1. The lowest BCUT2D eigenvalue weighted by molar-refractivity contribution is 0.189. The quantitative estimate of drug-likeness (QED) is 0.879. The number of nitrogens with one attached hydrogen (secondary N) is 1. The predicted octanol–water partition coefficient (Wildman–Crippen LogP) is 1.35. The number of rotatable bonds is 2. The van der Waals surface area contributed by atoms with E-state index in [2.05, 4.69) is 5.32 Å². The Bertz CT molecular complexity index is 540.